The van der Waals surface area contributed by atoms with E-state index >= 15 is 0 Å². The van der Waals surface area contributed by atoms with Crippen molar-refractivity contribution < 1.29 is 13.2 Å². The van der Waals surface area contributed by atoms with Gasteiger partial charge in [0.25, 0.3) is 0 Å². The van der Waals surface area contributed by atoms with Crippen LogP contribution in [0.3, 0.4) is 0 Å². The van der Waals surface area contributed by atoms with E-state index < -0.39 is 11.9 Å². The summed E-state index contributed by atoms with van der Waals surface area (Å²) in [6.45, 7) is 3.33. The second-order valence-electron chi connectivity index (χ2n) is 5.65. The zero-order valence-electron chi connectivity index (χ0n) is 13.4. The standard InChI is InChI=1S/C15H14F3N7.ClH/c16-15(17,18)11-9-10(3-4-20-11)14-22-21-12-1-2-13(23-25(12)14)24-7-5-19-6-8-24;/h1-4,9,19H,5-8H2;1H. The molecular formula is C15H15ClF3N7. The van der Waals surface area contributed by atoms with Crippen LogP contribution in [0.1, 0.15) is 5.69 Å². The fourth-order valence-corrected chi connectivity index (χ4v) is 2.75. The molecule has 11 heteroatoms. The molecule has 0 radical (unpaired) electrons. The maximum atomic E-state index is 12.9. The predicted octanol–water partition coefficient (Wildman–Crippen LogP) is 2.04. The van der Waals surface area contributed by atoms with Crippen molar-refractivity contribution >= 4 is 23.9 Å². The Kier molecular flexibility index (Phi) is 4.97. The summed E-state index contributed by atoms with van der Waals surface area (Å²) < 4.78 is 40.2. The van der Waals surface area contributed by atoms with Crippen molar-refractivity contribution in [2.24, 2.45) is 0 Å². The zero-order chi connectivity index (χ0) is 17.4. The van der Waals surface area contributed by atoms with E-state index in [1.54, 1.807) is 6.07 Å². The maximum Gasteiger partial charge on any atom is 0.433 e. The Bertz CT molecular complexity index is 906. The molecule has 4 rings (SSSR count). The molecule has 1 fully saturated rings. The zero-order valence-corrected chi connectivity index (χ0v) is 14.3. The molecule has 3 aromatic rings. The maximum absolute atomic E-state index is 12.9. The Labute approximate surface area is 152 Å². The van der Waals surface area contributed by atoms with Crippen molar-refractivity contribution in [1.82, 2.24) is 30.1 Å². The van der Waals surface area contributed by atoms with E-state index in [-0.39, 0.29) is 23.8 Å². The summed E-state index contributed by atoms with van der Waals surface area (Å²) in [4.78, 5) is 5.48. The van der Waals surface area contributed by atoms with Gasteiger partial charge in [-0.15, -0.1) is 27.7 Å². The number of aromatic nitrogens is 5. The highest BCUT2D eigenvalue weighted by Crippen LogP contribution is 2.30. The quantitative estimate of drug-likeness (QED) is 0.728. The van der Waals surface area contributed by atoms with Crippen LogP contribution in [0.5, 0.6) is 0 Å². The minimum Gasteiger partial charge on any atom is -0.353 e. The van der Waals surface area contributed by atoms with E-state index in [1.165, 1.54) is 10.6 Å². The van der Waals surface area contributed by atoms with Gasteiger partial charge in [-0.3, -0.25) is 4.98 Å². The van der Waals surface area contributed by atoms with Gasteiger partial charge in [-0.05, 0) is 24.3 Å². The normalized spacial score (nSPS) is 15.1. The van der Waals surface area contributed by atoms with Crippen LogP contribution in [0.25, 0.3) is 17.0 Å². The lowest BCUT2D eigenvalue weighted by Gasteiger charge is -2.28. The molecule has 0 spiro atoms. The Hall–Kier alpha value is -2.46. The lowest BCUT2D eigenvalue weighted by molar-refractivity contribution is -0.141. The van der Waals surface area contributed by atoms with Crippen LogP contribution in [0, 0.1) is 0 Å². The van der Waals surface area contributed by atoms with Gasteiger partial charge in [0.1, 0.15) is 11.5 Å². The summed E-state index contributed by atoms with van der Waals surface area (Å²) in [7, 11) is 0. The van der Waals surface area contributed by atoms with E-state index in [1.807, 2.05) is 6.07 Å². The van der Waals surface area contributed by atoms with Gasteiger partial charge < -0.3 is 10.2 Å². The van der Waals surface area contributed by atoms with Crippen LogP contribution in [0.4, 0.5) is 19.0 Å². The number of halogens is 4. The topological polar surface area (TPSA) is 71.2 Å². The smallest absolute Gasteiger partial charge is 0.353 e. The molecule has 0 aliphatic carbocycles. The summed E-state index contributed by atoms with van der Waals surface area (Å²) in [5.74, 6) is 0.986. The van der Waals surface area contributed by atoms with Crippen molar-refractivity contribution in [3.63, 3.8) is 0 Å². The molecule has 1 aliphatic heterocycles. The highest BCUT2D eigenvalue weighted by molar-refractivity contribution is 5.85. The van der Waals surface area contributed by atoms with Crippen molar-refractivity contribution in [3.8, 4) is 11.4 Å². The monoisotopic (exact) mass is 385 g/mol. The first kappa shape index (κ1) is 18.3. The number of pyridine rings is 1. The lowest BCUT2D eigenvalue weighted by Crippen LogP contribution is -2.44. The van der Waals surface area contributed by atoms with Gasteiger partial charge in [-0.2, -0.15) is 17.7 Å². The first-order chi connectivity index (χ1) is 12.0. The summed E-state index contributed by atoms with van der Waals surface area (Å²) in [5.41, 5.74) is -0.237. The predicted molar refractivity (Wildman–Crippen MR) is 91.3 cm³/mol. The minimum absolute atomic E-state index is 0. The van der Waals surface area contributed by atoms with Gasteiger partial charge in [0, 0.05) is 37.9 Å². The number of anilines is 1. The Morgan fingerprint density at radius 2 is 1.81 bits per heavy atom. The number of rotatable bonds is 2. The molecule has 7 nitrogen and oxygen atoms in total. The number of hydrogen-bond donors (Lipinski definition) is 1. The molecule has 1 saturated heterocycles. The van der Waals surface area contributed by atoms with E-state index in [0.29, 0.717) is 5.65 Å². The molecule has 26 heavy (non-hydrogen) atoms. The molecule has 0 amide bonds. The summed E-state index contributed by atoms with van der Waals surface area (Å²) in [5, 5.41) is 15.8. The molecule has 0 unspecified atom stereocenters. The van der Waals surface area contributed by atoms with Crippen LogP contribution >= 0.6 is 12.4 Å². The SMILES string of the molecule is Cl.FC(F)(F)c1cc(-c2nnc3ccc(N4CCNCC4)nn23)ccn1. The minimum atomic E-state index is -4.52. The third-order valence-electron chi connectivity index (χ3n) is 4.00. The van der Waals surface area contributed by atoms with Crippen molar-refractivity contribution in [2.45, 2.75) is 6.18 Å². The van der Waals surface area contributed by atoms with Crippen LogP contribution in [-0.4, -0.2) is 51.0 Å². The largest absolute Gasteiger partial charge is 0.433 e. The van der Waals surface area contributed by atoms with Gasteiger partial charge in [0.2, 0.25) is 0 Å². The fourth-order valence-electron chi connectivity index (χ4n) is 2.75. The number of piperazine rings is 1. The molecule has 1 N–H and O–H groups in total. The van der Waals surface area contributed by atoms with E-state index in [0.717, 1.165) is 44.3 Å². The van der Waals surface area contributed by atoms with E-state index in [4.69, 9.17) is 0 Å². The third kappa shape index (κ3) is 3.42. The fraction of sp³-hybridized carbons (Fsp3) is 0.333. The average molecular weight is 386 g/mol. The molecule has 0 atom stereocenters. The first-order valence-corrected chi connectivity index (χ1v) is 7.74. The average Bonchev–Trinajstić information content (AvgIpc) is 3.05. The van der Waals surface area contributed by atoms with Crippen LogP contribution in [0.15, 0.2) is 30.5 Å². The molecular weight excluding hydrogens is 371 g/mol. The van der Waals surface area contributed by atoms with Crippen LogP contribution < -0.4 is 10.2 Å². The molecule has 1 aliphatic rings. The highest BCUT2D eigenvalue weighted by atomic mass is 35.5. The number of nitrogens with one attached hydrogen (secondary N) is 1. The Balaban J connectivity index is 0.00000196. The van der Waals surface area contributed by atoms with Gasteiger partial charge in [-0.25, -0.2) is 0 Å². The van der Waals surface area contributed by atoms with Crippen molar-refractivity contribution in [2.75, 3.05) is 31.1 Å². The van der Waals surface area contributed by atoms with Gasteiger partial charge >= 0.3 is 6.18 Å². The van der Waals surface area contributed by atoms with Gasteiger partial charge in [-0.1, -0.05) is 0 Å². The molecule has 0 saturated carbocycles. The molecule has 4 heterocycles. The summed E-state index contributed by atoms with van der Waals surface area (Å²) in [6, 6.07) is 6.01. The van der Waals surface area contributed by atoms with Crippen molar-refractivity contribution in [1.29, 1.82) is 0 Å². The number of alkyl halides is 3. The highest BCUT2D eigenvalue weighted by Gasteiger charge is 2.33. The van der Waals surface area contributed by atoms with Crippen LogP contribution in [-0.2, 0) is 6.18 Å². The molecule has 0 aromatic carbocycles. The number of nitrogens with zero attached hydrogens (tertiary/aromatic N) is 6. The van der Waals surface area contributed by atoms with Crippen molar-refractivity contribution in [3.05, 3.63) is 36.2 Å². The number of hydrogen-bond acceptors (Lipinski definition) is 6. The lowest BCUT2D eigenvalue weighted by atomic mass is 10.2. The molecule has 138 valence electrons. The Morgan fingerprint density at radius 1 is 1.04 bits per heavy atom. The van der Waals surface area contributed by atoms with Gasteiger partial charge in [0.15, 0.2) is 11.5 Å². The second kappa shape index (κ2) is 7.04. The van der Waals surface area contributed by atoms with E-state index in [2.05, 4.69) is 30.5 Å². The Morgan fingerprint density at radius 3 is 2.54 bits per heavy atom. The summed E-state index contributed by atoms with van der Waals surface area (Å²) in [6.07, 6.45) is -3.41. The summed E-state index contributed by atoms with van der Waals surface area (Å²) >= 11 is 0. The van der Waals surface area contributed by atoms with Gasteiger partial charge in [0.05, 0.1) is 0 Å². The molecule has 3 aromatic heterocycles. The van der Waals surface area contributed by atoms with E-state index in [9.17, 15) is 13.2 Å². The first-order valence-electron chi connectivity index (χ1n) is 7.74. The third-order valence-corrected chi connectivity index (χ3v) is 4.00. The van der Waals surface area contributed by atoms with Crippen LogP contribution in [0.2, 0.25) is 0 Å². The molecule has 0 bridgehead atoms. The second-order valence-corrected chi connectivity index (χ2v) is 5.65. The number of fused-ring (bicyclic) bond motifs is 1.